The molecule has 4 unspecified atom stereocenters. The molecule has 1 N–H and O–H groups in total. The summed E-state index contributed by atoms with van der Waals surface area (Å²) in [5.41, 5.74) is 0. The number of ketones is 1. The van der Waals surface area contributed by atoms with Crippen LogP contribution >= 0.6 is 0 Å². The van der Waals surface area contributed by atoms with Gasteiger partial charge in [-0.15, -0.1) is 0 Å². The van der Waals surface area contributed by atoms with Crippen molar-refractivity contribution in [2.24, 2.45) is 11.8 Å². The van der Waals surface area contributed by atoms with Gasteiger partial charge in [-0.25, -0.2) is 0 Å². The lowest BCUT2D eigenvalue weighted by Crippen LogP contribution is -2.43. The van der Waals surface area contributed by atoms with Crippen LogP contribution in [-0.2, 0) is 4.79 Å². The third-order valence-electron chi connectivity index (χ3n) is 4.99. The van der Waals surface area contributed by atoms with Crippen molar-refractivity contribution in [1.29, 1.82) is 0 Å². The number of carbonyl (C=O) groups excluding carboxylic acids is 1. The van der Waals surface area contributed by atoms with Gasteiger partial charge in [0, 0.05) is 38.0 Å². The van der Waals surface area contributed by atoms with E-state index < -0.39 is 0 Å². The highest BCUT2D eigenvalue weighted by atomic mass is 16.3. The summed E-state index contributed by atoms with van der Waals surface area (Å²) in [6.07, 6.45) is 4.70. The van der Waals surface area contributed by atoms with E-state index in [0.717, 1.165) is 51.2 Å². The molecule has 0 aromatic heterocycles. The van der Waals surface area contributed by atoms with Gasteiger partial charge in [0.15, 0.2) is 0 Å². The van der Waals surface area contributed by atoms with Gasteiger partial charge in [-0.2, -0.15) is 0 Å². The first-order valence-corrected chi connectivity index (χ1v) is 8.09. The van der Waals surface area contributed by atoms with Crippen LogP contribution in [0.4, 0.5) is 0 Å². The Kier molecular flexibility index (Phi) is 5.58. The number of Topliss-reactive ketones (excluding diaryl/α,β-unsaturated/α-hetero) is 1. The van der Waals surface area contributed by atoms with E-state index in [1.807, 2.05) is 0 Å². The van der Waals surface area contributed by atoms with Gasteiger partial charge in [0.1, 0.15) is 5.78 Å². The largest absolute Gasteiger partial charge is 0.392 e. The number of likely N-dealkylation sites (tertiary alicyclic amines) is 1. The van der Waals surface area contributed by atoms with Crippen LogP contribution in [0.1, 0.15) is 39.0 Å². The predicted octanol–water partition coefficient (Wildman–Crippen LogP) is 1.38. The number of aliphatic hydroxyl groups is 1. The summed E-state index contributed by atoms with van der Waals surface area (Å²) in [6, 6.07) is 0.398. The van der Waals surface area contributed by atoms with Crippen LogP contribution in [0.5, 0.6) is 0 Å². The fraction of sp³-hybridized carbons (Fsp3) is 0.938. The minimum atomic E-state index is -0.222. The van der Waals surface area contributed by atoms with Crippen molar-refractivity contribution in [3.05, 3.63) is 0 Å². The van der Waals surface area contributed by atoms with Crippen molar-refractivity contribution in [3.63, 3.8) is 0 Å². The Bertz CT molecular complexity index is 332. The lowest BCUT2D eigenvalue weighted by atomic mass is 9.79. The second-order valence-corrected chi connectivity index (χ2v) is 6.97. The van der Waals surface area contributed by atoms with Gasteiger partial charge in [0.05, 0.1) is 6.10 Å². The number of hydrogen-bond acceptors (Lipinski definition) is 4. The van der Waals surface area contributed by atoms with Gasteiger partial charge in [0.25, 0.3) is 0 Å². The van der Waals surface area contributed by atoms with E-state index in [9.17, 15) is 9.90 Å². The zero-order valence-corrected chi connectivity index (χ0v) is 13.2. The van der Waals surface area contributed by atoms with Crippen LogP contribution in [0.25, 0.3) is 0 Å². The third kappa shape index (κ3) is 4.03. The Morgan fingerprint density at radius 3 is 2.75 bits per heavy atom. The zero-order chi connectivity index (χ0) is 14.7. The van der Waals surface area contributed by atoms with Crippen molar-refractivity contribution in [3.8, 4) is 0 Å². The van der Waals surface area contributed by atoms with Gasteiger partial charge in [-0.05, 0) is 39.3 Å². The van der Waals surface area contributed by atoms with Crippen LogP contribution in [0.3, 0.4) is 0 Å². The predicted molar refractivity (Wildman–Crippen MR) is 80.7 cm³/mol. The second kappa shape index (κ2) is 7.01. The second-order valence-electron chi connectivity index (χ2n) is 6.97. The van der Waals surface area contributed by atoms with Crippen LogP contribution in [-0.4, -0.2) is 66.6 Å². The van der Waals surface area contributed by atoms with E-state index in [0.29, 0.717) is 11.8 Å². The van der Waals surface area contributed by atoms with E-state index in [4.69, 9.17) is 0 Å². The Morgan fingerprint density at radius 2 is 2.10 bits per heavy atom. The molecule has 0 spiro atoms. The van der Waals surface area contributed by atoms with Gasteiger partial charge < -0.3 is 10.0 Å². The zero-order valence-electron chi connectivity index (χ0n) is 13.2. The molecule has 4 nitrogen and oxygen atoms in total. The molecule has 4 heteroatoms. The summed E-state index contributed by atoms with van der Waals surface area (Å²) in [6.45, 7) is 4.78. The number of nitrogens with zero attached hydrogens (tertiary/aromatic N) is 2. The molecule has 1 saturated heterocycles. The molecule has 0 amide bonds. The molecule has 2 fully saturated rings. The van der Waals surface area contributed by atoms with Gasteiger partial charge >= 0.3 is 0 Å². The van der Waals surface area contributed by atoms with E-state index in [2.05, 4.69) is 30.8 Å². The first kappa shape index (κ1) is 15.9. The van der Waals surface area contributed by atoms with E-state index in [-0.39, 0.29) is 12.0 Å². The molecular formula is C16H30N2O2. The normalized spacial score (nSPS) is 36.0. The quantitative estimate of drug-likeness (QED) is 0.827. The summed E-state index contributed by atoms with van der Waals surface area (Å²) < 4.78 is 0. The maximum atomic E-state index is 12.2. The van der Waals surface area contributed by atoms with Crippen molar-refractivity contribution >= 4 is 5.78 Å². The van der Waals surface area contributed by atoms with Crippen LogP contribution < -0.4 is 0 Å². The lowest BCUT2D eigenvalue weighted by molar-refractivity contribution is -0.126. The van der Waals surface area contributed by atoms with Crippen LogP contribution in [0, 0.1) is 11.8 Å². The van der Waals surface area contributed by atoms with Crippen molar-refractivity contribution in [2.75, 3.05) is 33.7 Å². The third-order valence-corrected chi connectivity index (χ3v) is 4.99. The summed E-state index contributed by atoms with van der Waals surface area (Å²) in [7, 11) is 4.14. The number of rotatable bonds is 5. The number of likely N-dealkylation sites (N-methyl/N-ethyl adjacent to an activating group) is 1. The molecule has 1 heterocycles. The molecule has 0 aromatic rings. The summed E-state index contributed by atoms with van der Waals surface area (Å²) in [4.78, 5) is 16.7. The molecule has 4 atom stereocenters. The molecule has 0 bridgehead atoms. The lowest BCUT2D eigenvalue weighted by Gasteiger charge is -2.33. The molecule has 1 aliphatic heterocycles. The van der Waals surface area contributed by atoms with E-state index in [1.54, 1.807) is 0 Å². The monoisotopic (exact) mass is 282 g/mol. The first-order valence-electron chi connectivity index (χ1n) is 8.09. The van der Waals surface area contributed by atoms with Crippen molar-refractivity contribution in [1.82, 2.24) is 9.80 Å². The highest BCUT2D eigenvalue weighted by Gasteiger charge is 2.36. The van der Waals surface area contributed by atoms with Crippen molar-refractivity contribution < 1.29 is 9.90 Å². The molecule has 20 heavy (non-hydrogen) atoms. The fourth-order valence-electron chi connectivity index (χ4n) is 3.82. The van der Waals surface area contributed by atoms with Crippen molar-refractivity contribution in [2.45, 2.75) is 51.2 Å². The highest BCUT2D eigenvalue weighted by Crippen LogP contribution is 2.31. The number of aliphatic hydroxyl groups excluding tert-OH is 1. The SMILES string of the molecule is CCC1CCC(=O)C(CN2CC(O)CC2CN(C)C)C1. The fourth-order valence-corrected chi connectivity index (χ4v) is 3.82. The Labute approximate surface area is 123 Å². The summed E-state index contributed by atoms with van der Waals surface area (Å²) >= 11 is 0. The maximum absolute atomic E-state index is 12.2. The average Bonchev–Trinajstić information content (AvgIpc) is 2.71. The molecule has 0 radical (unpaired) electrons. The first-order chi connectivity index (χ1) is 9.49. The smallest absolute Gasteiger partial charge is 0.137 e. The Balaban J connectivity index is 1.94. The minimum Gasteiger partial charge on any atom is -0.392 e. The molecule has 0 aromatic carbocycles. The molecule has 2 aliphatic rings. The number of β-amino-alcohol motifs (C(OH)–C–C–N with tert-alkyl or cyclic N) is 1. The number of carbonyl (C=O) groups is 1. The van der Waals surface area contributed by atoms with Gasteiger partial charge in [-0.1, -0.05) is 13.3 Å². The number of hydrogen-bond donors (Lipinski definition) is 1. The standard InChI is InChI=1S/C16H30N2O2/c1-4-12-5-6-16(20)13(7-12)9-18-11-15(19)8-14(18)10-17(2)3/h12-15,19H,4-11H2,1-3H3. The topological polar surface area (TPSA) is 43.8 Å². The van der Waals surface area contributed by atoms with Gasteiger partial charge in [-0.3, -0.25) is 9.69 Å². The highest BCUT2D eigenvalue weighted by molar-refractivity contribution is 5.82. The van der Waals surface area contributed by atoms with Crippen LogP contribution in [0.15, 0.2) is 0 Å². The molecule has 116 valence electrons. The Morgan fingerprint density at radius 1 is 1.35 bits per heavy atom. The van der Waals surface area contributed by atoms with Crippen LogP contribution in [0.2, 0.25) is 0 Å². The van der Waals surface area contributed by atoms with E-state index >= 15 is 0 Å². The average molecular weight is 282 g/mol. The minimum absolute atomic E-state index is 0.198. The Hall–Kier alpha value is -0.450. The summed E-state index contributed by atoms with van der Waals surface area (Å²) in [5.74, 6) is 1.36. The summed E-state index contributed by atoms with van der Waals surface area (Å²) in [5, 5.41) is 9.93. The van der Waals surface area contributed by atoms with E-state index in [1.165, 1.54) is 6.42 Å². The molecule has 1 saturated carbocycles. The molecule has 1 aliphatic carbocycles. The maximum Gasteiger partial charge on any atom is 0.137 e. The molecule has 2 rings (SSSR count). The molecular weight excluding hydrogens is 252 g/mol. The van der Waals surface area contributed by atoms with Gasteiger partial charge in [0.2, 0.25) is 0 Å².